The molecule has 4 nitrogen and oxygen atoms in total. The molecular formula is C19H18N4. The molecule has 0 radical (unpaired) electrons. The molecule has 0 unspecified atom stereocenters. The first-order valence-corrected chi connectivity index (χ1v) is 7.84. The Morgan fingerprint density at radius 3 is 2.74 bits per heavy atom. The van der Waals surface area contributed by atoms with E-state index in [2.05, 4.69) is 21.7 Å². The number of hydrogen-bond acceptors (Lipinski definition) is 3. The summed E-state index contributed by atoms with van der Waals surface area (Å²) in [5.41, 5.74) is 10.5. The number of aromatic nitrogens is 3. The maximum Gasteiger partial charge on any atom is 0.0945 e. The summed E-state index contributed by atoms with van der Waals surface area (Å²) in [5, 5.41) is 2.12. The second kappa shape index (κ2) is 5.72. The Morgan fingerprint density at radius 1 is 1.00 bits per heavy atom. The number of pyridine rings is 1. The van der Waals surface area contributed by atoms with Gasteiger partial charge in [0.2, 0.25) is 0 Å². The highest BCUT2D eigenvalue weighted by Crippen LogP contribution is 2.31. The predicted molar refractivity (Wildman–Crippen MR) is 94.2 cm³/mol. The van der Waals surface area contributed by atoms with Crippen LogP contribution >= 0.6 is 0 Å². The first-order chi connectivity index (χ1) is 11.3. The highest BCUT2D eigenvalue weighted by Gasteiger charge is 2.09. The highest BCUT2D eigenvalue weighted by atomic mass is 15.0. The van der Waals surface area contributed by atoms with E-state index < -0.39 is 0 Å². The fourth-order valence-electron chi connectivity index (χ4n) is 3.13. The number of aryl methyl sites for hydroxylation is 2. The molecular weight excluding hydrogens is 284 g/mol. The number of fused-ring (bicyclic) bond motifs is 2. The van der Waals surface area contributed by atoms with E-state index in [1.165, 1.54) is 5.56 Å². The normalized spacial score (nSPS) is 11.3. The summed E-state index contributed by atoms with van der Waals surface area (Å²) < 4.78 is 2.10. The van der Waals surface area contributed by atoms with Gasteiger partial charge < -0.3 is 10.3 Å². The lowest BCUT2D eigenvalue weighted by Crippen LogP contribution is -2.00. The van der Waals surface area contributed by atoms with Crippen molar-refractivity contribution in [2.24, 2.45) is 0 Å². The van der Waals surface area contributed by atoms with Crippen molar-refractivity contribution < 1.29 is 0 Å². The van der Waals surface area contributed by atoms with Gasteiger partial charge in [-0.25, -0.2) is 9.97 Å². The largest absolute Gasteiger partial charge is 0.398 e. The summed E-state index contributed by atoms with van der Waals surface area (Å²) in [6, 6.07) is 14.3. The molecule has 4 heteroatoms. The maximum absolute atomic E-state index is 6.47. The standard InChI is InChI=1S/C19H18N4/c20-19-15-7-1-2-8-16(15)22-17-9-3-5-14(18(17)19)6-4-11-23-12-10-21-13-23/h1-3,5,7-10,12-13H,4,6,11H2,(H2,20,22). The minimum absolute atomic E-state index is 0.837. The van der Waals surface area contributed by atoms with Crippen molar-refractivity contribution in [1.29, 1.82) is 0 Å². The molecule has 4 rings (SSSR count). The molecule has 4 aromatic rings. The Labute approximate surface area is 134 Å². The molecule has 0 aliphatic heterocycles. The van der Waals surface area contributed by atoms with Gasteiger partial charge in [0.05, 0.1) is 23.0 Å². The zero-order chi connectivity index (χ0) is 15.6. The van der Waals surface area contributed by atoms with E-state index in [0.717, 1.165) is 46.9 Å². The monoisotopic (exact) mass is 302 g/mol. The van der Waals surface area contributed by atoms with Crippen LogP contribution in [0.5, 0.6) is 0 Å². The average Bonchev–Trinajstić information content (AvgIpc) is 3.08. The third-order valence-electron chi connectivity index (χ3n) is 4.25. The van der Waals surface area contributed by atoms with Gasteiger partial charge in [-0.05, 0) is 30.5 Å². The first kappa shape index (κ1) is 13.8. The van der Waals surface area contributed by atoms with Crippen LogP contribution in [0.3, 0.4) is 0 Å². The molecule has 0 fully saturated rings. The Balaban J connectivity index is 1.73. The third-order valence-corrected chi connectivity index (χ3v) is 4.25. The molecule has 2 N–H and O–H groups in total. The number of para-hydroxylation sites is 1. The Bertz CT molecular complexity index is 958. The summed E-state index contributed by atoms with van der Waals surface area (Å²) in [5.74, 6) is 0. The van der Waals surface area contributed by atoms with Gasteiger partial charge in [-0.2, -0.15) is 0 Å². The number of nitrogens with zero attached hydrogens (tertiary/aromatic N) is 3. The Kier molecular flexibility index (Phi) is 3.42. The number of rotatable bonds is 4. The van der Waals surface area contributed by atoms with Gasteiger partial charge in [0.25, 0.3) is 0 Å². The van der Waals surface area contributed by atoms with Crippen LogP contribution in [0.4, 0.5) is 5.69 Å². The second-order valence-corrected chi connectivity index (χ2v) is 5.76. The van der Waals surface area contributed by atoms with Gasteiger partial charge in [-0.15, -0.1) is 0 Å². The summed E-state index contributed by atoms with van der Waals surface area (Å²) >= 11 is 0. The van der Waals surface area contributed by atoms with Crippen LogP contribution < -0.4 is 5.73 Å². The van der Waals surface area contributed by atoms with E-state index >= 15 is 0 Å². The average molecular weight is 302 g/mol. The number of anilines is 1. The predicted octanol–water partition coefficient (Wildman–Crippen LogP) is 3.80. The zero-order valence-corrected chi connectivity index (χ0v) is 12.8. The van der Waals surface area contributed by atoms with Gasteiger partial charge in [0, 0.05) is 29.7 Å². The molecule has 0 spiro atoms. The van der Waals surface area contributed by atoms with Crippen LogP contribution in [0.15, 0.2) is 61.2 Å². The first-order valence-electron chi connectivity index (χ1n) is 7.84. The van der Waals surface area contributed by atoms with Crippen molar-refractivity contribution in [2.75, 3.05) is 5.73 Å². The number of nitrogens with two attached hydrogens (primary N) is 1. The molecule has 0 bridgehead atoms. The quantitative estimate of drug-likeness (QED) is 0.583. The van der Waals surface area contributed by atoms with Gasteiger partial charge in [-0.3, -0.25) is 0 Å². The van der Waals surface area contributed by atoms with Crippen molar-refractivity contribution in [2.45, 2.75) is 19.4 Å². The number of nitrogen functional groups attached to an aromatic ring is 1. The molecule has 0 amide bonds. The third kappa shape index (κ3) is 2.52. The lowest BCUT2D eigenvalue weighted by molar-refractivity contribution is 0.643. The molecule has 2 aromatic carbocycles. The van der Waals surface area contributed by atoms with E-state index in [1.54, 1.807) is 0 Å². The van der Waals surface area contributed by atoms with Crippen molar-refractivity contribution in [3.63, 3.8) is 0 Å². The van der Waals surface area contributed by atoms with Crippen LogP contribution in [0.1, 0.15) is 12.0 Å². The van der Waals surface area contributed by atoms with Crippen LogP contribution in [0, 0.1) is 0 Å². The molecule has 0 aliphatic rings. The maximum atomic E-state index is 6.47. The number of benzene rings is 2. The van der Waals surface area contributed by atoms with Crippen LogP contribution in [-0.2, 0) is 13.0 Å². The van der Waals surface area contributed by atoms with Crippen molar-refractivity contribution in [1.82, 2.24) is 14.5 Å². The van der Waals surface area contributed by atoms with E-state index in [4.69, 9.17) is 10.7 Å². The van der Waals surface area contributed by atoms with E-state index in [-0.39, 0.29) is 0 Å². The molecule has 2 aromatic heterocycles. The van der Waals surface area contributed by atoms with Crippen LogP contribution in [0.2, 0.25) is 0 Å². The lowest BCUT2D eigenvalue weighted by Gasteiger charge is -2.11. The van der Waals surface area contributed by atoms with Crippen molar-refractivity contribution in [3.05, 3.63) is 66.7 Å². The molecule has 0 atom stereocenters. The van der Waals surface area contributed by atoms with E-state index in [1.807, 2.05) is 49.1 Å². The van der Waals surface area contributed by atoms with Crippen LogP contribution in [0.25, 0.3) is 21.8 Å². The molecule has 0 aliphatic carbocycles. The molecule has 114 valence electrons. The van der Waals surface area contributed by atoms with Gasteiger partial charge in [-0.1, -0.05) is 30.3 Å². The van der Waals surface area contributed by atoms with Crippen LogP contribution in [-0.4, -0.2) is 14.5 Å². The zero-order valence-electron chi connectivity index (χ0n) is 12.8. The van der Waals surface area contributed by atoms with Gasteiger partial charge in [0.1, 0.15) is 0 Å². The highest BCUT2D eigenvalue weighted by molar-refractivity contribution is 6.07. The minimum atomic E-state index is 0.837. The summed E-state index contributed by atoms with van der Waals surface area (Å²) in [4.78, 5) is 8.84. The Hall–Kier alpha value is -2.88. The topological polar surface area (TPSA) is 56.7 Å². The number of hydrogen-bond donors (Lipinski definition) is 1. The molecule has 0 saturated carbocycles. The lowest BCUT2D eigenvalue weighted by atomic mass is 10.00. The van der Waals surface area contributed by atoms with Crippen molar-refractivity contribution in [3.8, 4) is 0 Å². The smallest absolute Gasteiger partial charge is 0.0945 e. The molecule has 0 saturated heterocycles. The second-order valence-electron chi connectivity index (χ2n) is 5.76. The minimum Gasteiger partial charge on any atom is -0.398 e. The van der Waals surface area contributed by atoms with Crippen molar-refractivity contribution >= 4 is 27.5 Å². The van der Waals surface area contributed by atoms with Gasteiger partial charge >= 0.3 is 0 Å². The number of imidazole rings is 1. The fraction of sp³-hybridized carbons (Fsp3) is 0.158. The molecule has 2 heterocycles. The van der Waals surface area contributed by atoms with E-state index in [9.17, 15) is 0 Å². The fourth-order valence-corrected chi connectivity index (χ4v) is 3.13. The van der Waals surface area contributed by atoms with E-state index in [0.29, 0.717) is 0 Å². The summed E-state index contributed by atoms with van der Waals surface area (Å²) in [6.45, 7) is 0.956. The SMILES string of the molecule is Nc1c2ccccc2nc2cccc(CCCn3ccnc3)c12. The Morgan fingerprint density at radius 2 is 1.87 bits per heavy atom. The van der Waals surface area contributed by atoms with Gasteiger partial charge in [0.15, 0.2) is 0 Å². The molecule has 23 heavy (non-hydrogen) atoms. The summed E-state index contributed by atoms with van der Waals surface area (Å²) in [7, 11) is 0. The summed E-state index contributed by atoms with van der Waals surface area (Å²) in [6.07, 6.45) is 7.67.